The predicted molar refractivity (Wildman–Crippen MR) is 77.4 cm³/mol. The fourth-order valence-electron chi connectivity index (χ4n) is 5.64. The lowest BCUT2D eigenvalue weighted by Gasteiger charge is -2.59. The van der Waals surface area contributed by atoms with Crippen molar-refractivity contribution in [3.8, 4) is 0 Å². The molecule has 0 aromatic rings. The van der Waals surface area contributed by atoms with E-state index in [1.807, 2.05) is 0 Å². The minimum Gasteiger partial charge on any atom is -0.396 e. The Kier molecular flexibility index (Phi) is 4.11. The van der Waals surface area contributed by atoms with Crippen LogP contribution in [0.4, 0.5) is 0 Å². The highest BCUT2D eigenvalue weighted by atomic mass is 16.3. The zero-order chi connectivity index (χ0) is 13.4. The van der Waals surface area contributed by atoms with Crippen LogP contribution in [0.3, 0.4) is 0 Å². The fourth-order valence-corrected chi connectivity index (χ4v) is 5.64. The zero-order valence-electron chi connectivity index (χ0n) is 12.8. The van der Waals surface area contributed by atoms with Crippen LogP contribution in [0.15, 0.2) is 0 Å². The summed E-state index contributed by atoms with van der Waals surface area (Å²) >= 11 is 0. The van der Waals surface area contributed by atoms with Crippen LogP contribution in [-0.2, 0) is 0 Å². The third kappa shape index (κ3) is 2.24. The lowest BCUT2D eigenvalue weighted by atomic mass is 9.46. The van der Waals surface area contributed by atoms with Crippen molar-refractivity contribution >= 4 is 0 Å². The summed E-state index contributed by atoms with van der Waals surface area (Å²) in [4.78, 5) is 0. The molecule has 0 bridgehead atoms. The highest BCUT2D eigenvalue weighted by Crippen LogP contribution is 2.62. The maximum atomic E-state index is 9.47. The number of hydrogen-bond acceptors (Lipinski definition) is 1. The highest BCUT2D eigenvalue weighted by Gasteiger charge is 2.53. The zero-order valence-corrected chi connectivity index (χ0v) is 12.8. The molecule has 18 heavy (non-hydrogen) atoms. The molecule has 0 aliphatic heterocycles. The molecule has 1 N–H and O–H groups in total. The quantitative estimate of drug-likeness (QED) is 0.776. The Bertz CT molecular complexity index is 283. The van der Waals surface area contributed by atoms with Gasteiger partial charge in [-0.3, -0.25) is 0 Å². The van der Waals surface area contributed by atoms with Crippen LogP contribution in [-0.4, -0.2) is 11.7 Å². The van der Waals surface area contributed by atoms with Gasteiger partial charge in [-0.25, -0.2) is 0 Å². The van der Waals surface area contributed by atoms with Gasteiger partial charge >= 0.3 is 0 Å². The van der Waals surface area contributed by atoms with E-state index in [1.54, 1.807) is 0 Å². The Labute approximate surface area is 113 Å². The molecule has 4 atom stereocenters. The molecule has 2 saturated carbocycles. The molecule has 0 radical (unpaired) electrons. The first-order valence-electron chi connectivity index (χ1n) is 8.06. The summed E-state index contributed by atoms with van der Waals surface area (Å²) in [7, 11) is 0. The van der Waals surface area contributed by atoms with Crippen LogP contribution in [0.1, 0.15) is 72.6 Å². The molecule has 2 fully saturated rings. The van der Waals surface area contributed by atoms with E-state index in [2.05, 4.69) is 27.7 Å². The number of hydrogen-bond donors (Lipinski definition) is 1. The van der Waals surface area contributed by atoms with Crippen LogP contribution >= 0.6 is 0 Å². The molecule has 0 aromatic carbocycles. The van der Waals surface area contributed by atoms with E-state index in [-0.39, 0.29) is 0 Å². The summed E-state index contributed by atoms with van der Waals surface area (Å²) in [5.41, 5.74) is 1.00. The molecule has 0 spiro atoms. The number of rotatable bonds is 3. The average Bonchev–Trinajstić information content (AvgIpc) is 2.30. The van der Waals surface area contributed by atoms with Crippen LogP contribution < -0.4 is 0 Å². The van der Waals surface area contributed by atoms with E-state index < -0.39 is 0 Å². The van der Waals surface area contributed by atoms with Crippen molar-refractivity contribution in [3.63, 3.8) is 0 Å². The van der Waals surface area contributed by atoms with Gasteiger partial charge in [-0.1, -0.05) is 40.5 Å². The Morgan fingerprint density at radius 1 is 1.11 bits per heavy atom. The van der Waals surface area contributed by atoms with E-state index in [9.17, 15) is 5.11 Å². The molecule has 2 rings (SSSR count). The molecule has 0 heterocycles. The maximum absolute atomic E-state index is 9.47. The Balaban J connectivity index is 2.28. The van der Waals surface area contributed by atoms with Gasteiger partial charge in [0.05, 0.1) is 0 Å². The largest absolute Gasteiger partial charge is 0.396 e. The van der Waals surface area contributed by atoms with Crippen molar-refractivity contribution in [1.82, 2.24) is 0 Å². The Hall–Kier alpha value is -0.0400. The van der Waals surface area contributed by atoms with Gasteiger partial charge in [-0.05, 0) is 60.7 Å². The van der Waals surface area contributed by atoms with E-state index in [1.165, 1.54) is 38.5 Å². The van der Waals surface area contributed by atoms with Gasteiger partial charge in [0.2, 0.25) is 0 Å². The number of aliphatic hydroxyl groups is 1. The molecule has 1 heteroatoms. The smallest absolute Gasteiger partial charge is 0.0433 e. The summed E-state index contributed by atoms with van der Waals surface area (Å²) in [5.74, 6) is 2.48. The Morgan fingerprint density at radius 2 is 1.83 bits per heavy atom. The standard InChI is InChI=1S/C17H32O/c1-5-13-7-8-15-16(2,3)10-6-11-17(15,4)14(13)9-12-18/h13-15,18H,5-12H2,1-4H3. The van der Waals surface area contributed by atoms with Gasteiger partial charge in [-0.15, -0.1) is 0 Å². The third-order valence-electron chi connectivity index (χ3n) is 6.48. The van der Waals surface area contributed by atoms with E-state index in [4.69, 9.17) is 0 Å². The first-order chi connectivity index (χ1) is 8.45. The average molecular weight is 252 g/mol. The fraction of sp³-hybridized carbons (Fsp3) is 1.00. The van der Waals surface area contributed by atoms with E-state index in [0.717, 1.165) is 24.2 Å². The highest BCUT2D eigenvalue weighted by molar-refractivity contribution is 5.03. The van der Waals surface area contributed by atoms with Crippen LogP contribution in [0.5, 0.6) is 0 Å². The van der Waals surface area contributed by atoms with Crippen molar-refractivity contribution in [2.24, 2.45) is 28.6 Å². The molecule has 4 unspecified atom stereocenters. The van der Waals surface area contributed by atoms with Gasteiger partial charge < -0.3 is 5.11 Å². The van der Waals surface area contributed by atoms with E-state index >= 15 is 0 Å². The summed E-state index contributed by atoms with van der Waals surface area (Å²) in [6.45, 7) is 10.2. The van der Waals surface area contributed by atoms with Gasteiger partial charge in [-0.2, -0.15) is 0 Å². The van der Waals surface area contributed by atoms with Crippen molar-refractivity contribution in [3.05, 3.63) is 0 Å². The van der Waals surface area contributed by atoms with E-state index in [0.29, 0.717) is 17.4 Å². The molecular formula is C17H32O. The topological polar surface area (TPSA) is 20.2 Å². The van der Waals surface area contributed by atoms with Gasteiger partial charge in [0.1, 0.15) is 0 Å². The summed E-state index contributed by atoms with van der Waals surface area (Å²) in [5, 5.41) is 9.47. The second-order valence-corrected chi connectivity index (χ2v) is 7.76. The van der Waals surface area contributed by atoms with Gasteiger partial charge in [0, 0.05) is 6.61 Å². The molecule has 0 amide bonds. The van der Waals surface area contributed by atoms with Crippen molar-refractivity contribution in [2.45, 2.75) is 72.6 Å². The molecule has 106 valence electrons. The van der Waals surface area contributed by atoms with Gasteiger partial charge in [0.15, 0.2) is 0 Å². The minimum absolute atomic E-state index is 0.379. The molecule has 0 aromatic heterocycles. The Morgan fingerprint density at radius 3 is 2.44 bits per heavy atom. The molecular weight excluding hydrogens is 220 g/mol. The summed E-state index contributed by atoms with van der Waals surface area (Å²) < 4.78 is 0. The second kappa shape index (κ2) is 5.15. The number of aliphatic hydroxyl groups excluding tert-OH is 1. The molecule has 1 nitrogen and oxygen atoms in total. The SMILES string of the molecule is CCC1CCC2C(C)(C)CCCC2(C)C1CCO. The molecule has 2 aliphatic carbocycles. The maximum Gasteiger partial charge on any atom is 0.0433 e. The summed E-state index contributed by atoms with van der Waals surface area (Å²) in [6.07, 6.45) is 9.32. The van der Waals surface area contributed by atoms with Crippen LogP contribution in [0.2, 0.25) is 0 Å². The third-order valence-corrected chi connectivity index (χ3v) is 6.48. The molecule has 2 aliphatic rings. The first kappa shape index (κ1) is 14.4. The first-order valence-corrected chi connectivity index (χ1v) is 8.06. The van der Waals surface area contributed by atoms with Crippen LogP contribution in [0.25, 0.3) is 0 Å². The lowest BCUT2D eigenvalue weighted by molar-refractivity contribution is -0.103. The van der Waals surface area contributed by atoms with Crippen molar-refractivity contribution < 1.29 is 5.11 Å². The lowest BCUT2D eigenvalue weighted by Crippen LogP contribution is -2.51. The minimum atomic E-state index is 0.379. The second-order valence-electron chi connectivity index (χ2n) is 7.76. The predicted octanol–water partition coefficient (Wildman–Crippen LogP) is 4.64. The van der Waals surface area contributed by atoms with Crippen molar-refractivity contribution in [2.75, 3.05) is 6.61 Å². The van der Waals surface area contributed by atoms with Gasteiger partial charge in [0.25, 0.3) is 0 Å². The monoisotopic (exact) mass is 252 g/mol. The summed E-state index contributed by atoms with van der Waals surface area (Å²) in [6, 6.07) is 0. The number of fused-ring (bicyclic) bond motifs is 1. The van der Waals surface area contributed by atoms with Crippen LogP contribution in [0, 0.1) is 28.6 Å². The molecule has 0 saturated heterocycles. The normalized spacial score (nSPS) is 43.5. The van der Waals surface area contributed by atoms with Crippen molar-refractivity contribution in [1.29, 1.82) is 0 Å².